The van der Waals surface area contributed by atoms with Crippen molar-refractivity contribution in [2.45, 2.75) is 0 Å². The zero-order valence-electron chi connectivity index (χ0n) is 11.3. The maximum atomic E-state index is 13.7. The molecule has 3 rings (SSSR count). The van der Waals surface area contributed by atoms with Crippen molar-refractivity contribution in [1.29, 1.82) is 0 Å². The van der Waals surface area contributed by atoms with Crippen LogP contribution >= 0.6 is 0 Å². The first-order chi connectivity index (χ1) is 9.84. The van der Waals surface area contributed by atoms with Crippen molar-refractivity contribution in [2.24, 2.45) is 0 Å². The normalized spacial score (nSPS) is 15.8. The van der Waals surface area contributed by atoms with Crippen molar-refractivity contribution in [1.82, 2.24) is 10.2 Å². The third-order valence-corrected chi connectivity index (χ3v) is 3.61. The van der Waals surface area contributed by atoms with Crippen molar-refractivity contribution >= 4 is 10.8 Å². The zero-order chi connectivity index (χ0) is 13.8. The Balaban J connectivity index is 1.82. The lowest BCUT2D eigenvalue weighted by Crippen LogP contribution is -2.43. The third-order valence-electron chi connectivity index (χ3n) is 3.61. The SMILES string of the molecule is Fc1ccc(C#CCN2CCNCC2)c2ccccc12. The predicted molar refractivity (Wildman–Crippen MR) is 80.1 cm³/mol. The molecule has 1 saturated heterocycles. The number of hydrogen-bond donors (Lipinski definition) is 1. The van der Waals surface area contributed by atoms with Gasteiger partial charge in [-0.3, -0.25) is 4.90 Å². The lowest BCUT2D eigenvalue weighted by molar-refractivity contribution is 0.268. The molecule has 2 aromatic carbocycles. The number of rotatable bonds is 1. The maximum absolute atomic E-state index is 13.7. The molecule has 0 saturated carbocycles. The Hall–Kier alpha value is -1.89. The first-order valence-electron chi connectivity index (χ1n) is 6.94. The van der Waals surface area contributed by atoms with E-state index in [1.54, 1.807) is 12.1 Å². The average Bonchev–Trinajstić information content (AvgIpc) is 2.51. The number of halogens is 1. The molecule has 2 nitrogen and oxygen atoms in total. The lowest BCUT2D eigenvalue weighted by atomic mass is 10.0. The van der Waals surface area contributed by atoms with Gasteiger partial charge in [0.05, 0.1) is 6.54 Å². The number of nitrogens with one attached hydrogen (secondary N) is 1. The molecule has 0 radical (unpaired) electrons. The van der Waals surface area contributed by atoms with Crippen LogP contribution in [-0.2, 0) is 0 Å². The molecular weight excluding hydrogens is 251 g/mol. The van der Waals surface area contributed by atoms with Crippen LogP contribution in [0.3, 0.4) is 0 Å². The Morgan fingerprint density at radius 1 is 1.05 bits per heavy atom. The number of piperazine rings is 1. The van der Waals surface area contributed by atoms with E-state index < -0.39 is 0 Å². The summed E-state index contributed by atoms with van der Waals surface area (Å²) < 4.78 is 13.7. The summed E-state index contributed by atoms with van der Waals surface area (Å²) >= 11 is 0. The molecule has 20 heavy (non-hydrogen) atoms. The minimum atomic E-state index is -0.187. The highest BCUT2D eigenvalue weighted by Gasteiger charge is 2.07. The first-order valence-corrected chi connectivity index (χ1v) is 6.94. The zero-order valence-corrected chi connectivity index (χ0v) is 11.3. The fraction of sp³-hybridized carbons (Fsp3) is 0.294. The molecule has 3 heteroatoms. The van der Waals surface area contributed by atoms with Gasteiger partial charge in [0.1, 0.15) is 5.82 Å². The summed E-state index contributed by atoms with van der Waals surface area (Å²) in [5.41, 5.74) is 0.900. The van der Waals surface area contributed by atoms with E-state index in [0.717, 1.165) is 43.7 Å². The van der Waals surface area contributed by atoms with Gasteiger partial charge in [0.2, 0.25) is 0 Å². The van der Waals surface area contributed by atoms with Gasteiger partial charge in [-0.15, -0.1) is 0 Å². The molecule has 0 aliphatic carbocycles. The molecule has 0 unspecified atom stereocenters. The highest BCUT2D eigenvalue weighted by molar-refractivity contribution is 5.88. The molecule has 1 aliphatic rings. The van der Waals surface area contributed by atoms with E-state index in [9.17, 15) is 4.39 Å². The number of hydrogen-bond acceptors (Lipinski definition) is 2. The van der Waals surface area contributed by atoms with Crippen LogP contribution < -0.4 is 5.32 Å². The maximum Gasteiger partial charge on any atom is 0.131 e. The summed E-state index contributed by atoms with van der Waals surface area (Å²) in [5, 5.41) is 4.85. The highest BCUT2D eigenvalue weighted by atomic mass is 19.1. The molecule has 102 valence electrons. The number of benzene rings is 2. The van der Waals surface area contributed by atoms with Crippen LogP contribution in [0.4, 0.5) is 4.39 Å². The Bertz CT molecular complexity index is 663. The van der Waals surface area contributed by atoms with E-state index in [0.29, 0.717) is 5.39 Å². The van der Waals surface area contributed by atoms with Crippen LogP contribution in [0, 0.1) is 17.7 Å². The van der Waals surface area contributed by atoms with Crippen molar-refractivity contribution in [2.75, 3.05) is 32.7 Å². The van der Waals surface area contributed by atoms with Gasteiger partial charge in [-0.1, -0.05) is 36.1 Å². The van der Waals surface area contributed by atoms with E-state index in [-0.39, 0.29) is 5.82 Å². The van der Waals surface area contributed by atoms with Gasteiger partial charge in [-0.25, -0.2) is 4.39 Å². The summed E-state index contributed by atoms with van der Waals surface area (Å²) in [6.07, 6.45) is 0. The van der Waals surface area contributed by atoms with Gasteiger partial charge in [-0.2, -0.15) is 0 Å². The molecule has 0 amide bonds. The standard InChI is InChI=1S/C17H17FN2/c18-17-8-7-14(15-5-1-2-6-16(15)17)4-3-11-20-12-9-19-10-13-20/h1-2,5-8,19H,9-13H2. The second-order valence-electron chi connectivity index (χ2n) is 4.97. The van der Waals surface area contributed by atoms with E-state index in [4.69, 9.17) is 0 Å². The molecule has 1 aliphatic heterocycles. The van der Waals surface area contributed by atoms with Crippen molar-refractivity contribution in [3.63, 3.8) is 0 Å². The second kappa shape index (κ2) is 6.04. The minimum Gasteiger partial charge on any atom is -0.314 e. The lowest BCUT2D eigenvalue weighted by Gasteiger charge is -2.24. The quantitative estimate of drug-likeness (QED) is 0.798. The summed E-state index contributed by atoms with van der Waals surface area (Å²) in [7, 11) is 0. The van der Waals surface area contributed by atoms with E-state index in [2.05, 4.69) is 22.1 Å². The molecule has 0 spiro atoms. The van der Waals surface area contributed by atoms with Crippen molar-refractivity contribution in [3.8, 4) is 11.8 Å². The summed E-state index contributed by atoms with van der Waals surface area (Å²) in [6, 6.07) is 10.8. The summed E-state index contributed by atoms with van der Waals surface area (Å²) in [6.45, 7) is 4.91. The predicted octanol–water partition coefficient (Wildman–Crippen LogP) is 2.24. The van der Waals surface area contributed by atoms with Crippen LogP contribution in [0.15, 0.2) is 36.4 Å². The summed E-state index contributed by atoms with van der Waals surface area (Å²) in [4.78, 5) is 2.33. The Kier molecular flexibility index (Phi) is 3.96. The van der Waals surface area contributed by atoms with Gasteiger partial charge in [0, 0.05) is 42.5 Å². The Morgan fingerprint density at radius 2 is 1.80 bits per heavy atom. The number of fused-ring (bicyclic) bond motifs is 1. The van der Waals surface area contributed by atoms with Crippen LogP contribution in [-0.4, -0.2) is 37.6 Å². The van der Waals surface area contributed by atoms with Crippen molar-refractivity contribution < 1.29 is 4.39 Å². The molecule has 0 atom stereocenters. The molecule has 0 aromatic heterocycles. The van der Waals surface area contributed by atoms with E-state index >= 15 is 0 Å². The topological polar surface area (TPSA) is 15.3 Å². The van der Waals surface area contributed by atoms with Crippen LogP contribution in [0.25, 0.3) is 10.8 Å². The third kappa shape index (κ3) is 2.82. The highest BCUT2D eigenvalue weighted by Crippen LogP contribution is 2.20. The van der Waals surface area contributed by atoms with Crippen molar-refractivity contribution in [3.05, 3.63) is 47.8 Å². The van der Waals surface area contributed by atoms with Gasteiger partial charge >= 0.3 is 0 Å². The molecule has 1 heterocycles. The molecular formula is C17H17FN2. The minimum absolute atomic E-state index is 0.187. The average molecular weight is 268 g/mol. The molecule has 0 bridgehead atoms. The smallest absolute Gasteiger partial charge is 0.131 e. The van der Waals surface area contributed by atoms with Gasteiger partial charge < -0.3 is 5.32 Å². The fourth-order valence-corrected chi connectivity index (χ4v) is 2.49. The molecule has 1 fully saturated rings. The van der Waals surface area contributed by atoms with Gasteiger partial charge in [-0.05, 0) is 12.1 Å². The Morgan fingerprint density at radius 3 is 2.60 bits per heavy atom. The van der Waals surface area contributed by atoms with Crippen LogP contribution in [0.1, 0.15) is 5.56 Å². The monoisotopic (exact) mass is 268 g/mol. The first kappa shape index (κ1) is 13.1. The largest absolute Gasteiger partial charge is 0.314 e. The number of nitrogens with zero attached hydrogens (tertiary/aromatic N) is 1. The van der Waals surface area contributed by atoms with Gasteiger partial charge in [0.15, 0.2) is 0 Å². The molecule has 1 N–H and O–H groups in total. The molecule has 2 aromatic rings. The van der Waals surface area contributed by atoms with E-state index in [1.165, 1.54) is 6.07 Å². The van der Waals surface area contributed by atoms with Gasteiger partial charge in [0.25, 0.3) is 0 Å². The van der Waals surface area contributed by atoms with Crippen LogP contribution in [0.2, 0.25) is 0 Å². The fourth-order valence-electron chi connectivity index (χ4n) is 2.49. The summed E-state index contributed by atoms with van der Waals surface area (Å²) in [5.74, 6) is 6.21. The van der Waals surface area contributed by atoms with E-state index in [1.807, 2.05) is 18.2 Å². The van der Waals surface area contributed by atoms with Crippen LogP contribution in [0.5, 0.6) is 0 Å². The second-order valence-corrected chi connectivity index (χ2v) is 4.97. The Labute approximate surface area is 118 Å².